The van der Waals surface area contributed by atoms with Crippen LogP contribution in [0, 0.1) is 18.8 Å². The van der Waals surface area contributed by atoms with E-state index in [9.17, 15) is 0 Å². The molecule has 7 heteroatoms. The molecule has 1 atom stereocenters. The lowest BCUT2D eigenvalue weighted by Gasteiger charge is -2.34. The Hall–Kier alpha value is -1.06. The predicted octanol–water partition coefficient (Wildman–Crippen LogP) is 2.95. The first kappa shape index (κ1) is 25.2. The lowest BCUT2D eigenvalue weighted by atomic mass is 10.1. The van der Waals surface area contributed by atoms with Crippen LogP contribution in [0.25, 0.3) is 0 Å². The summed E-state index contributed by atoms with van der Waals surface area (Å²) in [6.07, 6.45) is 2.62. The molecule has 1 aromatic rings. The molecule has 0 radical (unpaired) electrons. The smallest absolute Gasteiger partial charge is 0.191 e. The molecule has 0 amide bonds. The molecular weight excluding hydrogens is 489 g/mol. The molecule has 2 aliphatic rings. The van der Waals surface area contributed by atoms with E-state index < -0.39 is 0 Å². The van der Waals surface area contributed by atoms with Gasteiger partial charge in [0.1, 0.15) is 5.75 Å². The highest BCUT2D eigenvalue weighted by Crippen LogP contribution is 2.30. The third-order valence-electron chi connectivity index (χ3n) is 5.85. The minimum Gasteiger partial charge on any atom is -0.493 e. The first-order chi connectivity index (χ1) is 14.0. The summed E-state index contributed by atoms with van der Waals surface area (Å²) in [5, 5.41) is 6.94. The average molecular weight is 530 g/mol. The lowest BCUT2D eigenvalue weighted by Crippen LogP contribution is -2.47. The second-order valence-electron chi connectivity index (χ2n) is 8.88. The van der Waals surface area contributed by atoms with Gasteiger partial charge in [-0.15, -0.1) is 24.0 Å². The molecule has 1 aliphatic heterocycles. The monoisotopic (exact) mass is 529 g/mol. The number of likely N-dealkylation sites (N-methyl/N-ethyl adjacent to an activating group) is 1. The number of piperazine rings is 1. The van der Waals surface area contributed by atoms with Gasteiger partial charge in [0, 0.05) is 58.4 Å². The molecule has 0 bridgehead atoms. The number of ether oxygens (including phenoxy) is 1. The van der Waals surface area contributed by atoms with Gasteiger partial charge < -0.3 is 25.2 Å². The number of guanidine groups is 1. The lowest BCUT2D eigenvalue weighted by molar-refractivity contribution is 0.139. The Morgan fingerprint density at radius 1 is 1.20 bits per heavy atom. The highest BCUT2D eigenvalue weighted by molar-refractivity contribution is 14.0. The maximum absolute atomic E-state index is 6.09. The zero-order chi connectivity index (χ0) is 20.6. The molecule has 1 saturated heterocycles. The zero-order valence-corrected chi connectivity index (χ0v) is 21.4. The van der Waals surface area contributed by atoms with Crippen molar-refractivity contribution in [3.8, 4) is 5.75 Å². The molecule has 1 aliphatic carbocycles. The summed E-state index contributed by atoms with van der Waals surface area (Å²) in [7, 11) is 4.04. The Bertz CT molecular complexity index is 672. The fourth-order valence-corrected chi connectivity index (χ4v) is 3.64. The van der Waals surface area contributed by atoms with E-state index in [0.717, 1.165) is 37.3 Å². The third kappa shape index (κ3) is 8.59. The second kappa shape index (κ2) is 12.7. The van der Waals surface area contributed by atoms with Crippen molar-refractivity contribution < 1.29 is 4.74 Å². The van der Waals surface area contributed by atoms with Gasteiger partial charge in [0.2, 0.25) is 0 Å². The largest absolute Gasteiger partial charge is 0.493 e. The standard InChI is InChI=1S/C23H39N5O.HI/c1-18-5-8-21(22(13-18)29-17-20-6-7-20)15-26-23(24-3)25-14-19(2)16-28-11-9-27(4)10-12-28;/h5,8,13,19-20H,6-7,9-12,14-17H2,1-4H3,(H2,24,25,26);1H. The quantitative estimate of drug-likeness (QED) is 0.293. The molecule has 1 unspecified atom stereocenters. The number of rotatable bonds is 9. The van der Waals surface area contributed by atoms with E-state index in [-0.39, 0.29) is 24.0 Å². The summed E-state index contributed by atoms with van der Waals surface area (Å²) < 4.78 is 6.09. The maximum atomic E-state index is 6.09. The SMILES string of the molecule is CN=C(NCc1ccc(C)cc1OCC1CC1)NCC(C)CN1CCN(C)CC1.I. The van der Waals surface area contributed by atoms with Gasteiger partial charge in [0.05, 0.1) is 6.61 Å². The van der Waals surface area contributed by atoms with Crippen LogP contribution < -0.4 is 15.4 Å². The number of nitrogens with zero attached hydrogens (tertiary/aromatic N) is 3. The molecule has 30 heavy (non-hydrogen) atoms. The van der Waals surface area contributed by atoms with Gasteiger partial charge in [-0.2, -0.15) is 0 Å². The minimum atomic E-state index is 0. The third-order valence-corrected chi connectivity index (χ3v) is 5.85. The van der Waals surface area contributed by atoms with Crippen molar-refractivity contribution in [2.75, 3.05) is 60.0 Å². The first-order valence-electron chi connectivity index (χ1n) is 11.1. The van der Waals surface area contributed by atoms with Crippen LogP contribution in [0.15, 0.2) is 23.2 Å². The number of halogens is 1. The number of aryl methyl sites for hydroxylation is 1. The van der Waals surface area contributed by atoms with Crippen molar-refractivity contribution in [1.29, 1.82) is 0 Å². The molecular formula is C23H40IN5O. The molecule has 3 rings (SSSR count). The van der Waals surface area contributed by atoms with Crippen LogP contribution in [-0.2, 0) is 6.54 Å². The van der Waals surface area contributed by atoms with Crippen molar-refractivity contribution in [2.24, 2.45) is 16.8 Å². The predicted molar refractivity (Wildman–Crippen MR) is 136 cm³/mol. The van der Waals surface area contributed by atoms with Crippen molar-refractivity contribution in [2.45, 2.75) is 33.2 Å². The fraction of sp³-hybridized carbons (Fsp3) is 0.696. The number of nitrogens with one attached hydrogen (secondary N) is 2. The van der Waals surface area contributed by atoms with Gasteiger partial charge in [-0.3, -0.25) is 4.99 Å². The van der Waals surface area contributed by atoms with E-state index in [1.54, 1.807) is 0 Å². The van der Waals surface area contributed by atoms with E-state index >= 15 is 0 Å². The van der Waals surface area contributed by atoms with E-state index in [0.29, 0.717) is 12.5 Å². The zero-order valence-electron chi connectivity index (χ0n) is 19.1. The van der Waals surface area contributed by atoms with Crippen molar-refractivity contribution in [3.05, 3.63) is 29.3 Å². The van der Waals surface area contributed by atoms with Crippen LogP contribution in [0.5, 0.6) is 5.75 Å². The van der Waals surface area contributed by atoms with Gasteiger partial charge in [-0.25, -0.2) is 0 Å². The molecule has 0 aromatic heterocycles. The van der Waals surface area contributed by atoms with Crippen molar-refractivity contribution in [3.63, 3.8) is 0 Å². The molecule has 2 N–H and O–H groups in total. The number of hydrogen-bond acceptors (Lipinski definition) is 4. The van der Waals surface area contributed by atoms with E-state index in [1.165, 1.54) is 50.1 Å². The van der Waals surface area contributed by atoms with Crippen LogP contribution in [0.4, 0.5) is 0 Å². The van der Waals surface area contributed by atoms with Crippen LogP contribution in [0.3, 0.4) is 0 Å². The van der Waals surface area contributed by atoms with E-state index in [1.807, 2.05) is 7.05 Å². The summed E-state index contributed by atoms with van der Waals surface area (Å²) in [6.45, 7) is 12.7. The topological polar surface area (TPSA) is 52.1 Å². The summed E-state index contributed by atoms with van der Waals surface area (Å²) in [4.78, 5) is 9.37. The minimum absolute atomic E-state index is 0. The first-order valence-corrected chi connectivity index (χ1v) is 11.1. The Labute approximate surface area is 199 Å². The molecule has 0 spiro atoms. The van der Waals surface area contributed by atoms with Crippen LogP contribution in [0.2, 0.25) is 0 Å². The van der Waals surface area contributed by atoms with Gasteiger partial charge in [0.25, 0.3) is 0 Å². The highest BCUT2D eigenvalue weighted by atomic mass is 127. The average Bonchev–Trinajstić information content (AvgIpc) is 3.54. The van der Waals surface area contributed by atoms with E-state index in [2.05, 4.69) is 64.5 Å². The van der Waals surface area contributed by atoms with Gasteiger partial charge in [0.15, 0.2) is 5.96 Å². The van der Waals surface area contributed by atoms with Crippen LogP contribution >= 0.6 is 24.0 Å². The molecule has 1 aromatic carbocycles. The molecule has 6 nitrogen and oxygen atoms in total. The number of benzene rings is 1. The number of hydrogen-bond donors (Lipinski definition) is 2. The number of aliphatic imine (C=N–C) groups is 1. The van der Waals surface area contributed by atoms with Crippen molar-refractivity contribution >= 4 is 29.9 Å². The maximum Gasteiger partial charge on any atom is 0.191 e. The summed E-state index contributed by atoms with van der Waals surface area (Å²) >= 11 is 0. The summed E-state index contributed by atoms with van der Waals surface area (Å²) in [5.41, 5.74) is 2.42. The Balaban J connectivity index is 0.00000320. The molecule has 2 fully saturated rings. The van der Waals surface area contributed by atoms with Crippen LogP contribution in [0.1, 0.15) is 30.9 Å². The highest BCUT2D eigenvalue weighted by Gasteiger charge is 2.22. The second-order valence-corrected chi connectivity index (χ2v) is 8.88. The van der Waals surface area contributed by atoms with Gasteiger partial charge >= 0.3 is 0 Å². The summed E-state index contributed by atoms with van der Waals surface area (Å²) in [6, 6.07) is 6.46. The Kier molecular flexibility index (Phi) is 10.7. The van der Waals surface area contributed by atoms with Crippen molar-refractivity contribution in [1.82, 2.24) is 20.4 Å². The normalized spacial score (nSPS) is 19.1. The molecule has 1 saturated carbocycles. The van der Waals surface area contributed by atoms with Crippen LogP contribution in [-0.4, -0.2) is 75.7 Å². The van der Waals surface area contributed by atoms with Gasteiger partial charge in [-0.1, -0.05) is 19.1 Å². The molecule has 170 valence electrons. The Morgan fingerprint density at radius 2 is 1.93 bits per heavy atom. The fourth-order valence-electron chi connectivity index (χ4n) is 3.64. The molecule has 1 heterocycles. The summed E-state index contributed by atoms with van der Waals surface area (Å²) in [5.74, 6) is 3.19. The van der Waals surface area contributed by atoms with Gasteiger partial charge in [-0.05, 0) is 50.3 Å². The Morgan fingerprint density at radius 3 is 2.60 bits per heavy atom. The van der Waals surface area contributed by atoms with E-state index in [4.69, 9.17) is 4.74 Å².